The third-order valence-corrected chi connectivity index (χ3v) is 6.84. The van der Waals surface area contributed by atoms with Gasteiger partial charge in [-0.2, -0.15) is 0 Å². The van der Waals surface area contributed by atoms with Gasteiger partial charge >= 0.3 is 5.97 Å². The van der Waals surface area contributed by atoms with Crippen molar-refractivity contribution in [3.05, 3.63) is 80.9 Å². The highest BCUT2D eigenvalue weighted by Crippen LogP contribution is 2.32. The molecule has 1 N–H and O–H groups in total. The van der Waals surface area contributed by atoms with Crippen LogP contribution in [0.1, 0.15) is 20.7 Å². The summed E-state index contributed by atoms with van der Waals surface area (Å²) in [6.45, 7) is -0.696. The topological polar surface area (TPSA) is 160 Å². The van der Waals surface area contributed by atoms with Crippen molar-refractivity contribution in [2.75, 3.05) is 32.7 Å². The van der Waals surface area contributed by atoms with E-state index in [4.69, 9.17) is 30.5 Å². The van der Waals surface area contributed by atoms with Gasteiger partial charge in [-0.3, -0.25) is 19.6 Å². The second-order valence-corrected chi connectivity index (χ2v) is 9.54. The Kier molecular flexibility index (Phi) is 8.76. The Morgan fingerprint density at radius 2 is 1.61 bits per heavy atom. The fourth-order valence-corrected chi connectivity index (χ4v) is 4.52. The number of ketones is 1. The molecule has 38 heavy (non-hydrogen) atoms. The van der Waals surface area contributed by atoms with E-state index in [1.807, 2.05) is 0 Å². The van der Waals surface area contributed by atoms with Gasteiger partial charge in [-0.25, -0.2) is 13.2 Å². The molecule has 200 valence electrons. The maximum atomic E-state index is 13.0. The normalized spacial score (nSPS) is 10.8. The van der Waals surface area contributed by atoms with Crippen molar-refractivity contribution in [3.63, 3.8) is 0 Å². The van der Waals surface area contributed by atoms with Gasteiger partial charge < -0.3 is 18.9 Å². The van der Waals surface area contributed by atoms with Gasteiger partial charge in [-0.15, -0.1) is 0 Å². The van der Waals surface area contributed by atoms with Crippen LogP contribution in [0.25, 0.3) is 0 Å². The number of nitrogens with one attached hydrogen (secondary N) is 1. The van der Waals surface area contributed by atoms with Gasteiger partial charge in [0, 0.05) is 12.1 Å². The lowest BCUT2D eigenvalue weighted by Crippen LogP contribution is -2.17. The Balaban J connectivity index is 1.83. The van der Waals surface area contributed by atoms with Crippen LogP contribution >= 0.6 is 11.6 Å². The Labute approximate surface area is 222 Å². The second kappa shape index (κ2) is 11.8. The number of ether oxygens (including phenoxy) is 4. The molecule has 0 spiro atoms. The second-order valence-electron chi connectivity index (χ2n) is 7.45. The molecule has 0 heterocycles. The SMILES string of the molecule is COc1ccc(OC)c(C(=O)COC(=O)c2cc(S(=O)(=O)Nc3cc([N+](=O)[O-])ccc3OC)ccc2Cl)c1. The summed E-state index contributed by atoms with van der Waals surface area (Å²) in [5, 5.41) is 11.0. The molecule has 0 aliphatic rings. The number of carbonyl (C=O) groups is 2. The fourth-order valence-electron chi connectivity index (χ4n) is 3.24. The third kappa shape index (κ3) is 6.30. The predicted octanol–water partition coefficient (Wildman–Crippen LogP) is 4.11. The van der Waals surface area contributed by atoms with Crippen molar-refractivity contribution in [1.82, 2.24) is 0 Å². The summed E-state index contributed by atoms with van der Waals surface area (Å²) >= 11 is 6.09. The van der Waals surface area contributed by atoms with Crippen LogP contribution in [0.2, 0.25) is 5.02 Å². The summed E-state index contributed by atoms with van der Waals surface area (Å²) in [7, 11) is -0.318. The van der Waals surface area contributed by atoms with Crippen LogP contribution in [-0.2, 0) is 14.8 Å². The Hall–Kier alpha value is -4.36. The number of nitro benzene ring substituents is 1. The number of esters is 1. The average Bonchev–Trinajstić information content (AvgIpc) is 2.90. The van der Waals surface area contributed by atoms with Crippen LogP contribution in [0.3, 0.4) is 0 Å². The van der Waals surface area contributed by atoms with Crippen molar-refractivity contribution in [1.29, 1.82) is 0 Å². The molecule has 0 fully saturated rings. The molecule has 14 heteroatoms. The van der Waals surface area contributed by atoms with Crippen LogP contribution in [0.4, 0.5) is 11.4 Å². The monoisotopic (exact) mass is 564 g/mol. The molecular formula is C24H21ClN2O10S. The summed E-state index contributed by atoms with van der Waals surface area (Å²) in [6, 6.07) is 11.1. The van der Waals surface area contributed by atoms with Gasteiger partial charge in [0.15, 0.2) is 6.61 Å². The van der Waals surface area contributed by atoms with E-state index in [0.29, 0.717) is 5.75 Å². The summed E-state index contributed by atoms with van der Waals surface area (Å²) in [6.07, 6.45) is 0. The largest absolute Gasteiger partial charge is 0.497 e. The molecule has 0 saturated heterocycles. The van der Waals surface area contributed by atoms with Crippen LogP contribution in [0.5, 0.6) is 17.2 Å². The Bertz CT molecular complexity index is 1510. The number of anilines is 1. The molecule has 3 rings (SSSR count). The number of halogens is 1. The van der Waals surface area contributed by atoms with Gasteiger partial charge in [0.1, 0.15) is 17.2 Å². The molecule has 0 saturated carbocycles. The van der Waals surface area contributed by atoms with Gasteiger partial charge in [0.05, 0.1) is 53.0 Å². The van der Waals surface area contributed by atoms with E-state index in [0.717, 1.165) is 30.3 Å². The minimum absolute atomic E-state index is 0.0271. The number of methoxy groups -OCH3 is 3. The smallest absolute Gasteiger partial charge is 0.340 e. The predicted molar refractivity (Wildman–Crippen MR) is 136 cm³/mol. The molecular weight excluding hydrogens is 544 g/mol. The van der Waals surface area contributed by atoms with Crippen molar-refractivity contribution in [2.45, 2.75) is 4.90 Å². The number of benzene rings is 3. The van der Waals surface area contributed by atoms with E-state index in [2.05, 4.69) is 4.72 Å². The zero-order chi connectivity index (χ0) is 28.0. The van der Waals surface area contributed by atoms with Gasteiger partial charge in [0.2, 0.25) is 5.78 Å². The molecule has 3 aromatic rings. The van der Waals surface area contributed by atoms with E-state index < -0.39 is 38.2 Å². The first kappa shape index (κ1) is 28.2. The first-order chi connectivity index (χ1) is 18.0. The van der Waals surface area contributed by atoms with E-state index in [1.165, 1.54) is 39.5 Å². The van der Waals surface area contributed by atoms with Crippen LogP contribution < -0.4 is 18.9 Å². The number of carbonyl (C=O) groups excluding carboxylic acids is 2. The number of hydrogen-bond acceptors (Lipinski definition) is 10. The van der Waals surface area contributed by atoms with E-state index in [1.54, 1.807) is 6.07 Å². The van der Waals surface area contributed by atoms with Crippen LogP contribution in [-0.4, -0.2) is 53.0 Å². The van der Waals surface area contributed by atoms with E-state index in [-0.39, 0.29) is 39.0 Å². The van der Waals surface area contributed by atoms with Gasteiger partial charge in [-0.05, 0) is 42.5 Å². The van der Waals surface area contributed by atoms with Crippen molar-refractivity contribution < 1.29 is 41.9 Å². The molecule has 0 unspecified atom stereocenters. The Morgan fingerprint density at radius 1 is 0.921 bits per heavy atom. The van der Waals surface area contributed by atoms with Crippen molar-refractivity contribution in [3.8, 4) is 17.2 Å². The molecule has 0 atom stereocenters. The quantitative estimate of drug-likeness (QED) is 0.155. The standard InChI is InChI=1S/C24H21ClN2O10S/c1-34-15-5-9-22(35-2)18(11-15)21(28)13-37-24(29)17-12-16(6-7-19(17)25)38(32,33)26-20-10-14(27(30)31)4-8-23(20)36-3/h4-12,26H,13H2,1-3H3. The molecule has 0 bridgehead atoms. The number of Topliss-reactive ketones (excluding diaryl/α,β-unsaturated/α-hetero) is 1. The Morgan fingerprint density at radius 3 is 2.24 bits per heavy atom. The lowest BCUT2D eigenvalue weighted by molar-refractivity contribution is -0.384. The van der Waals surface area contributed by atoms with Crippen molar-refractivity contribution >= 4 is 44.8 Å². The fraction of sp³-hybridized carbons (Fsp3) is 0.167. The number of sulfonamides is 1. The minimum Gasteiger partial charge on any atom is -0.497 e. The first-order valence-corrected chi connectivity index (χ1v) is 12.4. The zero-order valence-electron chi connectivity index (χ0n) is 20.2. The lowest BCUT2D eigenvalue weighted by Gasteiger charge is -2.13. The zero-order valence-corrected chi connectivity index (χ0v) is 21.8. The molecule has 0 amide bonds. The number of hydrogen-bond donors (Lipinski definition) is 1. The third-order valence-electron chi connectivity index (χ3n) is 5.15. The molecule has 0 radical (unpaired) electrons. The molecule has 0 aliphatic heterocycles. The summed E-state index contributed by atoms with van der Waals surface area (Å²) in [5.41, 5.74) is -0.789. The summed E-state index contributed by atoms with van der Waals surface area (Å²) < 4.78 is 48.6. The molecule has 0 aliphatic carbocycles. The van der Waals surface area contributed by atoms with E-state index >= 15 is 0 Å². The first-order valence-electron chi connectivity index (χ1n) is 10.6. The van der Waals surface area contributed by atoms with Crippen LogP contribution in [0, 0.1) is 10.1 Å². The number of rotatable bonds is 11. The van der Waals surface area contributed by atoms with E-state index in [9.17, 15) is 28.1 Å². The highest BCUT2D eigenvalue weighted by molar-refractivity contribution is 7.92. The number of nitrogens with zero attached hydrogens (tertiary/aromatic N) is 1. The summed E-state index contributed by atoms with van der Waals surface area (Å²) in [4.78, 5) is 35.4. The van der Waals surface area contributed by atoms with Gasteiger partial charge in [0.25, 0.3) is 15.7 Å². The van der Waals surface area contributed by atoms with Gasteiger partial charge in [-0.1, -0.05) is 11.6 Å². The highest BCUT2D eigenvalue weighted by atomic mass is 35.5. The molecule has 0 aromatic heterocycles. The summed E-state index contributed by atoms with van der Waals surface area (Å²) in [5.74, 6) is -1.02. The highest BCUT2D eigenvalue weighted by Gasteiger charge is 2.23. The maximum Gasteiger partial charge on any atom is 0.340 e. The average molecular weight is 565 g/mol. The minimum atomic E-state index is -4.37. The maximum absolute atomic E-state index is 13.0. The molecule has 3 aromatic carbocycles. The number of non-ortho nitro benzene ring substituents is 1. The molecule has 12 nitrogen and oxygen atoms in total. The number of nitro groups is 1. The lowest BCUT2D eigenvalue weighted by atomic mass is 10.1. The van der Waals surface area contributed by atoms with Crippen LogP contribution in [0.15, 0.2) is 59.5 Å². The van der Waals surface area contributed by atoms with Crippen molar-refractivity contribution in [2.24, 2.45) is 0 Å².